The standard InChI is InChI=1S/C20H23ClN2O5S/c1-2-23(14-20(24)22-13-15-4-6-16(21)7-5-15)29(25,26)17-8-9-18-19(12-17)28-11-3-10-27-18/h4-9,12H,2-3,10-11,13-14H2,1H3,(H,22,24). The van der Waals surface area contributed by atoms with Crippen molar-refractivity contribution in [1.29, 1.82) is 0 Å². The maximum atomic E-state index is 13.0. The van der Waals surface area contributed by atoms with Crippen LogP contribution in [-0.4, -0.2) is 44.9 Å². The van der Waals surface area contributed by atoms with Gasteiger partial charge in [-0.3, -0.25) is 4.79 Å². The first-order chi connectivity index (χ1) is 13.9. The predicted octanol–water partition coefficient (Wildman–Crippen LogP) is 2.83. The molecule has 0 atom stereocenters. The summed E-state index contributed by atoms with van der Waals surface area (Å²) in [7, 11) is -3.86. The highest BCUT2D eigenvalue weighted by atomic mass is 35.5. The predicted molar refractivity (Wildman–Crippen MR) is 110 cm³/mol. The Kier molecular flexibility index (Phi) is 7.00. The number of carbonyl (C=O) groups excluding carboxylic acids is 1. The minimum absolute atomic E-state index is 0.0640. The Morgan fingerprint density at radius 2 is 1.79 bits per heavy atom. The summed E-state index contributed by atoms with van der Waals surface area (Å²) in [5.74, 6) is 0.525. The molecule has 1 amide bonds. The average Bonchev–Trinajstić information content (AvgIpc) is 2.96. The lowest BCUT2D eigenvalue weighted by Crippen LogP contribution is -2.40. The van der Waals surface area contributed by atoms with Gasteiger partial charge in [-0.2, -0.15) is 4.31 Å². The molecule has 2 aromatic carbocycles. The highest BCUT2D eigenvalue weighted by Crippen LogP contribution is 2.32. The van der Waals surface area contributed by atoms with E-state index in [4.69, 9.17) is 21.1 Å². The summed E-state index contributed by atoms with van der Waals surface area (Å²) in [6.45, 7) is 2.84. The molecule has 1 aliphatic heterocycles. The molecule has 1 heterocycles. The second kappa shape index (κ2) is 9.47. The Morgan fingerprint density at radius 1 is 1.10 bits per heavy atom. The second-order valence-electron chi connectivity index (χ2n) is 6.49. The Labute approximate surface area is 175 Å². The lowest BCUT2D eigenvalue weighted by atomic mass is 10.2. The maximum absolute atomic E-state index is 13.0. The smallest absolute Gasteiger partial charge is 0.243 e. The monoisotopic (exact) mass is 438 g/mol. The number of sulfonamides is 1. The van der Waals surface area contributed by atoms with E-state index in [1.165, 1.54) is 12.1 Å². The van der Waals surface area contributed by atoms with E-state index in [2.05, 4.69) is 5.32 Å². The lowest BCUT2D eigenvalue weighted by molar-refractivity contribution is -0.121. The summed E-state index contributed by atoms with van der Waals surface area (Å²) < 4.78 is 38.3. The summed E-state index contributed by atoms with van der Waals surface area (Å²) in [5, 5.41) is 3.34. The van der Waals surface area contributed by atoms with E-state index in [0.29, 0.717) is 29.7 Å². The number of halogens is 1. The van der Waals surface area contributed by atoms with Crippen LogP contribution in [0.2, 0.25) is 5.02 Å². The van der Waals surface area contributed by atoms with Crippen LogP contribution in [0.5, 0.6) is 11.5 Å². The van der Waals surface area contributed by atoms with Gasteiger partial charge in [-0.05, 0) is 29.8 Å². The van der Waals surface area contributed by atoms with Gasteiger partial charge in [0.2, 0.25) is 15.9 Å². The molecule has 7 nitrogen and oxygen atoms in total. The van der Waals surface area contributed by atoms with Gasteiger partial charge in [-0.15, -0.1) is 0 Å². The van der Waals surface area contributed by atoms with Gasteiger partial charge in [0.05, 0.1) is 24.7 Å². The minimum atomic E-state index is -3.86. The van der Waals surface area contributed by atoms with E-state index >= 15 is 0 Å². The summed E-state index contributed by atoms with van der Waals surface area (Å²) >= 11 is 5.85. The molecular formula is C20H23ClN2O5S. The second-order valence-corrected chi connectivity index (χ2v) is 8.87. The van der Waals surface area contributed by atoms with Crippen molar-refractivity contribution in [3.8, 4) is 11.5 Å². The number of benzene rings is 2. The average molecular weight is 439 g/mol. The first-order valence-corrected chi connectivity index (χ1v) is 11.1. The molecule has 0 unspecified atom stereocenters. The molecule has 156 valence electrons. The zero-order valence-corrected chi connectivity index (χ0v) is 17.6. The quantitative estimate of drug-likeness (QED) is 0.718. The van der Waals surface area contributed by atoms with E-state index in [0.717, 1.165) is 16.3 Å². The molecule has 3 rings (SSSR count). The first-order valence-electron chi connectivity index (χ1n) is 9.31. The molecule has 2 aromatic rings. The molecule has 0 bridgehead atoms. The summed E-state index contributed by atoms with van der Waals surface area (Å²) in [6, 6.07) is 11.6. The van der Waals surface area contributed by atoms with E-state index in [-0.39, 0.29) is 30.4 Å². The third-order valence-electron chi connectivity index (χ3n) is 4.43. The van der Waals surface area contributed by atoms with Crippen LogP contribution in [0.15, 0.2) is 47.4 Å². The molecule has 0 saturated heterocycles. The van der Waals surface area contributed by atoms with Crippen LogP contribution in [0.1, 0.15) is 18.9 Å². The Bertz CT molecular complexity index is 963. The van der Waals surface area contributed by atoms with Crippen LogP contribution in [0.3, 0.4) is 0 Å². The topological polar surface area (TPSA) is 84.9 Å². The van der Waals surface area contributed by atoms with Crippen LogP contribution in [0.4, 0.5) is 0 Å². The number of nitrogens with zero attached hydrogens (tertiary/aromatic N) is 1. The van der Waals surface area contributed by atoms with Gasteiger partial charge in [0.1, 0.15) is 0 Å². The number of hydrogen-bond donors (Lipinski definition) is 1. The zero-order chi connectivity index (χ0) is 20.9. The van der Waals surface area contributed by atoms with Crippen molar-refractivity contribution in [2.24, 2.45) is 0 Å². The summed E-state index contributed by atoms with van der Waals surface area (Å²) in [4.78, 5) is 12.4. The van der Waals surface area contributed by atoms with Crippen LogP contribution in [0, 0.1) is 0 Å². The largest absolute Gasteiger partial charge is 0.490 e. The normalized spacial score (nSPS) is 13.8. The molecule has 9 heteroatoms. The third kappa shape index (κ3) is 5.41. The number of likely N-dealkylation sites (N-methyl/N-ethyl adjacent to an activating group) is 1. The fourth-order valence-electron chi connectivity index (χ4n) is 2.84. The Hall–Kier alpha value is -2.29. The van der Waals surface area contributed by atoms with Crippen molar-refractivity contribution in [2.75, 3.05) is 26.3 Å². The van der Waals surface area contributed by atoms with Gasteiger partial charge >= 0.3 is 0 Å². The molecule has 0 aliphatic carbocycles. The molecular weight excluding hydrogens is 416 g/mol. The van der Waals surface area contributed by atoms with Gasteiger partial charge in [0.15, 0.2) is 11.5 Å². The van der Waals surface area contributed by atoms with E-state index in [1.54, 1.807) is 37.3 Å². The number of fused-ring (bicyclic) bond motifs is 1. The van der Waals surface area contributed by atoms with E-state index in [1.807, 2.05) is 0 Å². The zero-order valence-electron chi connectivity index (χ0n) is 16.1. The van der Waals surface area contributed by atoms with Crippen molar-refractivity contribution in [2.45, 2.75) is 24.8 Å². The summed E-state index contributed by atoms with van der Waals surface area (Å²) in [5.41, 5.74) is 0.872. The number of amides is 1. The first kappa shape index (κ1) is 21.4. The lowest BCUT2D eigenvalue weighted by Gasteiger charge is -2.20. The van der Waals surface area contributed by atoms with Crippen LogP contribution >= 0.6 is 11.6 Å². The maximum Gasteiger partial charge on any atom is 0.243 e. The van der Waals surface area contributed by atoms with Gasteiger partial charge in [0, 0.05) is 30.6 Å². The van der Waals surface area contributed by atoms with Crippen LogP contribution in [0.25, 0.3) is 0 Å². The molecule has 0 fully saturated rings. The molecule has 0 aromatic heterocycles. The number of carbonyl (C=O) groups is 1. The highest BCUT2D eigenvalue weighted by Gasteiger charge is 2.27. The molecule has 1 aliphatic rings. The highest BCUT2D eigenvalue weighted by molar-refractivity contribution is 7.89. The van der Waals surface area contributed by atoms with Crippen LogP contribution < -0.4 is 14.8 Å². The van der Waals surface area contributed by atoms with Gasteiger partial charge in [0.25, 0.3) is 0 Å². The SMILES string of the molecule is CCN(CC(=O)NCc1ccc(Cl)cc1)S(=O)(=O)c1ccc2c(c1)OCCCO2. The van der Waals surface area contributed by atoms with Crippen molar-refractivity contribution in [1.82, 2.24) is 9.62 Å². The number of hydrogen-bond acceptors (Lipinski definition) is 5. The van der Waals surface area contributed by atoms with Crippen molar-refractivity contribution < 1.29 is 22.7 Å². The fourth-order valence-corrected chi connectivity index (χ4v) is 4.39. The van der Waals surface area contributed by atoms with Crippen molar-refractivity contribution >= 4 is 27.5 Å². The van der Waals surface area contributed by atoms with Crippen molar-refractivity contribution in [3.05, 3.63) is 53.1 Å². The molecule has 1 N–H and O–H groups in total. The van der Waals surface area contributed by atoms with Crippen molar-refractivity contribution in [3.63, 3.8) is 0 Å². The number of rotatable bonds is 7. The Morgan fingerprint density at radius 3 is 2.48 bits per heavy atom. The third-order valence-corrected chi connectivity index (χ3v) is 6.60. The molecule has 0 spiro atoms. The number of ether oxygens (including phenoxy) is 2. The van der Waals surface area contributed by atoms with E-state index < -0.39 is 10.0 Å². The summed E-state index contributed by atoms with van der Waals surface area (Å²) in [6.07, 6.45) is 0.728. The van der Waals surface area contributed by atoms with Crippen LogP contribution in [-0.2, 0) is 21.4 Å². The van der Waals surface area contributed by atoms with Gasteiger partial charge < -0.3 is 14.8 Å². The van der Waals surface area contributed by atoms with E-state index in [9.17, 15) is 13.2 Å². The molecule has 29 heavy (non-hydrogen) atoms. The number of nitrogens with one attached hydrogen (secondary N) is 1. The van der Waals surface area contributed by atoms with Gasteiger partial charge in [-0.1, -0.05) is 30.7 Å². The molecule has 0 saturated carbocycles. The molecule has 0 radical (unpaired) electrons. The minimum Gasteiger partial charge on any atom is -0.490 e. The van der Waals surface area contributed by atoms with Gasteiger partial charge in [-0.25, -0.2) is 8.42 Å². The Balaban J connectivity index is 1.68. The fraction of sp³-hybridized carbons (Fsp3) is 0.350.